The van der Waals surface area contributed by atoms with Crippen LogP contribution in [0, 0.1) is 5.82 Å². The molecule has 5 nitrogen and oxygen atoms in total. The van der Waals surface area contributed by atoms with Crippen molar-refractivity contribution < 1.29 is 27.8 Å². The van der Waals surface area contributed by atoms with E-state index in [9.17, 15) is 27.8 Å². The molecule has 1 aromatic heterocycles. The van der Waals surface area contributed by atoms with Crippen LogP contribution in [0.2, 0.25) is 0 Å². The average Bonchev–Trinajstić information content (AvgIpc) is 2.67. The molecule has 2 N–H and O–H groups in total. The molecule has 0 aliphatic heterocycles. The summed E-state index contributed by atoms with van der Waals surface area (Å²) >= 11 is 0. The van der Waals surface area contributed by atoms with E-state index in [0.29, 0.717) is 17.1 Å². The smallest absolute Gasteiger partial charge is 0.422 e. The highest BCUT2D eigenvalue weighted by Gasteiger charge is 2.55. The predicted molar refractivity (Wildman–Crippen MR) is 104 cm³/mol. The van der Waals surface area contributed by atoms with Gasteiger partial charge in [0.1, 0.15) is 11.6 Å². The number of benzene rings is 2. The number of aromatic hydroxyl groups is 1. The van der Waals surface area contributed by atoms with Gasteiger partial charge >= 0.3 is 6.18 Å². The van der Waals surface area contributed by atoms with Crippen LogP contribution in [0.4, 0.5) is 23.2 Å². The van der Waals surface area contributed by atoms with E-state index < -0.39 is 29.4 Å². The molecular weight excluding hydrogens is 402 g/mol. The Hall–Kier alpha value is -3.07. The quantitative estimate of drug-likeness (QED) is 0.457. The number of aliphatic hydroxyl groups is 1. The maximum Gasteiger partial charge on any atom is 0.422 e. The Morgan fingerprint density at radius 2 is 1.83 bits per heavy atom. The summed E-state index contributed by atoms with van der Waals surface area (Å²) in [5.41, 5.74) is -4.21. The lowest BCUT2D eigenvalue weighted by atomic mass is 9.74. The van der Waals surface area contributed by atoms with Gasteiger partial charge in [-0.2, -0.15) is 23.4 Å². The van der Waals surface area contributed by atoms with E-state index in [-0.39, 0.29) is 17.0 Å². The van der Waals surface area contributed by atoms with Crippen LogP contribution >= 0.6 is 0 Å². The summed E-state index contributed by atoms with van der Waals surface area (Å²) in [7, 11) is 0. The molecule has 0 radical (unpaired) electrons. The highest BCUT2D eigenvalue weighted by atomic mass is 19.4. The first kappa shape index (κ1) is 21.6. The van der Waals surface area contributed by atoms with E-state index in [0.717, 1.165) is 18.2 Å². The van der Waals surface area contributed by atoms with Crippen molar-refractivity contribution in [2.24, 2.45) is 4.99 Å². The summed E-state index contributed by atoms with van der Waals surface area (Å²) in [5.74, 6) is -1.08. The van der Waals surface area contributed by atoms with Crippen LogP contribution in [0.25, 0.3) is 10.9 Å². The van der Waals surface area contributed by atoms with Crippen molar-refractivity contribution in [3.8, 4) is 5.75 Å². The minimum Gasteiger partial charge on any atom is -0.508 e. The molecule has 0 amide bonds. The molecule has 0 saturated heterocycles. The van der Waals surface area contributed by atoms with Crippen LogP contribution in [-0.2, 0) is 5.41 Å². The van der Waals surface area contributed by atoms with Crippen molar-refractivity contribution >= 4 is 22.8 Å². The summed E-state index contributed by atoms with van der Waals surface area (Å²) in [4.78, 5) is 3.89. The van der Waals surface area contributed by atoms with E-state index >= 15 is 0 Å². The Morgan fingerprint density at radius 1 is 1.10 bits per heavy atom. The van der Waals surface area contributed by atoms with Gasteiger partial charge in [-0.25, -0.2) is 4.39 Å². The molecule has 2 aromatic carbocycles. The molecule has 1 heterocycles. The maximum absolute atomic E-state index is 13.8. The second-order valence-electron chi connectivity index (χ2n) is 7.64. The zero-order chi connectivity index (χ0) is 22.2. The number of phenolic OH excluding ortho intramolecular Hbond substituents is 1. The van der Waals surface area contributed by atoms with Crippen molar-refractivity contribution in [3.63, 3.8) is 0 Å². The van der Waals surface area contributed by atoms with Crippen molar-refractivity contribution in [1.82, 2.24) is 10.2 Å². The van der Waals surface area contributed by atoms with Crippen molar-refractivity contribution in [2.75, 3.05) is 0 Å². The Balaban J connectivity index is 2.02. The number of halogens is 4. The summed E-state index contributed by atoms with van der Waals surface area (Å²) < 4.78 is 55.2. The van der Waals surface area contributed by atoms with Crippen LogP contribution in [0.3, 0.4) is 0 Å². The van der Waals surface area contributed by atoms with Gasteiger partial charge in [-0.3, -0.25) is 4.99 Å². The number of nitrogens with zero attached hydrogens (tertiary/aromatic N) is 3. The highest BCUT2D eigenvalue weighted by Crippen LogP contribution is 2.43. The molecule has 3 aromatic rings. The molecule has 0 bridgehead atoms. The van der Waals surface area contributed by atoms with Gasteiger partial charge in [0.2, 0.25) is 0 Å². The molecule has 9 heteroatoms. The highest BCUT2D eigenvalue weighted by molar-refractivity contribution is 5.91. The summed E-state index contributed by atoms with van der Waals surface area (Å²) in [6.45, 7) is 2.75. The van der Waals surface area contributed by atoms with Gasteiger partial charge in [-0.15, -0.1) is 0 Å². The molecule has 1 atom stereocenters. The van der Waals surface area contributed by atoms with Gasteiger partial charge in [0.15, 0.2) is 5.60 Å². The molecule has 30 heavy (non-hydrogen) atoms. The normalized spacial score (nSPS) is 14.9. The lowest BCUT2D eigenvalue weighted by Gasteiger charge is -2.35. The van der Waals surface area contributed by atoms with Crippen LogP contribution in [-0.4, -0.2) is 38.4 Å². The summed E-state index contributed by atoms with van der Waals surface area (Å²) in [6, 6.07) is 9.24. The number of phenols is 1. The molecule has 0 aliphatic carbocycles. The number of alkyl halides is 3. The van der Waals surface area contributed by atoms with Gasteiger partial charge < -0.3 is 10.2 Å². The van der Waals surface area contributed by atoms with Crippen LogP contribution in [0.1, 0.15) is 25.8 Å². The second kappa shape index (κ2) is 7.64. The van der Waals surface area contributed by atoms with Gasteiger partial charge in [0.25, 0.3) is 0 Å². The molecule has 158 valence electrons. The van der Waals surface area contributed by atoms with Crippen molar-refractivity contribution in [3.05, 3.63) is 60.0 Å². The third-order valence-electron chi connectivity index (χ3n) is 4.84. The topological polar surface area (TPSA) is 78.6 Å². The molecule has 1 unspecified atom stereocenters. The number of fused-ring (bicyclic) bond motifs is 1. The fourth-order valence-corrected chi connectivity index (χ4v) is 3.33. The van der Waals surface area contributed by atoms with E-state index in [1.807, 2.05) is 0 Å². The van der Waals surface area contributed by atoms with E-state index in [4.69, 9.17) is 0 Å². The van der Waals surface area contributed by atoms with E-state index in [1.165, 1.54) is 26.1 Å². The molecule has 3 rings (SSSR count). The van der Waals surface area contributed by atoms with Crippen molar-refractivity contribution in [1.29, 1.82) is 0 Å². The molecule has 0 fully saturated rings. The van der Waals surface area contributed by atoms with Crippen molar-refractivity contribution in [2.45, 2.75) is 37.5 Å². The first-order valence-electron chi connectivity index (χ1n) is 8.97. The lowest BCUT2D eigenvalue weighted by molar-refractivity contribution is -0.234. The fraction of sp³-hybridized carbons (Fsp3) is 0.286. The Bertz CT molecular complexity index is 1090. The average molecular weight is 421 g/mol. The third-order valence-corrected chi connectivity index (χ3v) is 4.84. The standard InChI is InChI=1S/C21H19F4N3O2/c1-19(2,15-10-13(22)6-7-18(15)29)11-20(30,21(23,24)25)12-26-16-4-3-5-17-14(16)8-9-27-28-17/h3-10,12,29-30H,11H2,1-2H3. The van der Waals surface area contributed by atoms with Gasteiger partial charge in [-0.1, -0.05) is 19.9 Å². The monoisotopic (exact) mass is 421 g/mol. The first-order chi connectivity index (χ1) is 13.9. The number of aliphatic imine (C=N–C) groups is 1. The largest absolute Gasteiger partial charge is 0.508 e. The first-order valence-corrected chi connectivity index (χ1v) is 8.97. The lowest BCUT2D eigenvalue weighted by Crippen LogP contribution is -2.50. The molecule has 0 aliphatic rings. The Morgan fingerprint density at radius 3 is 2.53 bits per heavy atom. The Kier molecular flexibility index (Phi) is 5.51. The second-order valence-corrected chi connectivity index (χ2v) is 7.64. The van der Waals surface area contributed by atoms with Gasteiger partial charge in [0, 0.05) is 17.2 Å². The van der Waals surface area contributed by atoms with Crippen LogP contribution in [0.15, 0.2) is 53.7 Å². The van der Waals surface area contributed by atoms with Crippen LogP contribution in [0.5, 0.6) is 5.75 Å². The third kappa shape index (κ3) is 4.25. The zero-order valence-corrected chi connectivity index (χ0v) is 16.2. The SMILES string of the molecule is CC(C)(CC(O)(C=Nc1cccc2nnccc12)C(F)(F)F)c1cc(F)ccc1O. The zero-order valence-electron chi connectivity index (χ0n) is 16.2. The molecule has 0 saturated carbocycles. The fourth-order valence-electron chi connectivity index (χ4n) is 3.33. The molecular formula is C21H19F4N3O2. The molecule has 0 spiro atoms. The minimum absolute atomic E-state index is 0.0565. The predicted octanol–water partition coefficient (Wildman–Crippen LogP) is 4.84. The number of rotatable bonds is 5. The van der Waals surface area contributed by atoms with Gasteiger partial charge in [0.05, 0.1) is 17.4 Å². The van der Waals surface area contributed by atoms with E-state index in [1.54, 1.807) is 18.2 Å². The maximum atomic E-state index is 13.8. The summed E-state index contributed by atoms with van der Waals surface area (Å²) in [6.07, 6.45) is -4.15. The number of hydrogen-bond donors (Lipinski definition) is 2. The summed E-state index contributed by atoms with van der Waals surface area (Å²) in [5, 5.41) is 28.6. The number of aromatic nitrogens is 2. The Labute approximate surface area is 169 Å². The van der Waals surface area contributed by atoms with E-state index in [2.05, 4.69) is 15.2 Å². The van der Waals surface area contributed by atoms with Crippen LogP contribution < -0.4 is 0 Å². The van der Waals surface area contributed by atoms with Gasteiger partial charge in [-0.05, 0) is 48.2 Å². The minimum atomic E-state index is -5.07. The number of hydrogen-bond acceptors (Lipinski definition) is 5.